The molecule has 1 heterocycles. The number of benzene rings is 1. The second-order valence-corrected chi connectivity index (χ2v) is 3.83. The molecule has 1 aliphatic heterocycles. The van der Waals surface area contributed by atoms with Gasteiger partial charge in [0.1, 0.15) is 5.69 Å². The molecule has 0 radical (unpaired) electrons. The smallest absolute Gasteiger partial charge is 0.118 e. The maximum atomic E-state index is 4.04. The van der Waals surface area contributed by atoms with Crippen molar-refractivity contribution < 1.29 is 4.90 Å². The monoisotopic (exact) mass is 165 g/mol. The van der Waals surface area contributed by atoms with E-state index in [2.05, 4.69) is 31.3 Å². The van der Waals surface area contributed by atoms with Crippen molar-refractivity contribution in [1.82, 2.24) is 0 Å². The summed E-state index contributed by atoms with van der Waals surface area (Å²) in [7, 11) is 4.04. The summed E-state index contributed by atoms with van der Waals surface area (Å²) in [5.41, 5.74) is 1.35. The summed E-state index contributed by atoms with van der Waals surface area (Å²) >= 11 is 1.93. The summed E-state index contributed by atoms with van der Waals surface area (Å²) < 4.78 is 0. The number of quaternary nitrogens is 1. The average molecular weight is 165 g/mol. The van der Waals surface area contributed by atoms with Crippen molar-refractivity contribution in [3.05, 3.63) is 31.3 Å². The van der Waals surface area contributed by atoms with E-state index in [-0.39, 0.29) is 0 Å². The van der Waals surface area contributed by atoms with E-state index in [1.54, 1.807) is 0 Å². The van der Waals surface area contributed by atoms with Gasteiger partial charge in [-0.05, 0) is 12.1 Å². The maximum absolute atomic E-state index is 4.04. The molecule has 0 amide bonds. The summed E-state index contributed by atoms with van der Waals surface area (Å²) in [6.45, 7) is 1.14. The van der Waals surface area contributed by atoms with Crippen molar-refractivity contribution in [1.29, 1.82) is 0 Å². The largest absolute Gasteiger partial charge is 0.433 e. The third kappa shape index (κ3) is 1.28. The molecular weight excluding hydrogens is 154 g/mol. The number of hydrogen-bond acceptors (Lipinski definition) is 1. The topological polar surface area (TPSA) is 4.44 Å². The summed E-state index contributed by atoms with van der Waals surface area (Å²) in [5.74, 6) is 1.19. The van der Waals surface area contributed by atoms with Gasteiger partial charge in [-0.2, -0.15) is 0 Å². The first-order valence-electron chi connectivity index (χ1n) is 3.78. The molecule has 2 rings (SSSR count). The Labute approximate surface area is 71.4 Å². The lowest BCUT2D eigenvalue weighted by atomic mass is 10.3. The maximum Gasteiger partial charge on any atom is 0.118 e. The van der Waals surface area contributed by atoms with Crippen molar-refractivity contribution in [2.75, 3.05) is 12.3 Å². The highest BCUT2D eigenvalue weighted by molar-refractivity contribution is 7.99. The molecule has 0 saturated carbocycles. The first-order valence-corrected chi connectivity index (χ1v) is 4.76. The van der Waals surface area contributed by atoms with Crippen LogP contribution >= 0.6 is 11.8 Å². The Balaban J connectivity index is 2.44. The van der Waals surface area contributed by atoms with Crippen LogP contribution in [0.15, 0.2) is 29.2 Å². The van der Waals surface area contributed by atoms with Crippen LogP contribution in [-0.4, -0.2) is 12.3 Å². The van der Waals surface area contributed by atoms with Gasteiger partial charge in [-0.3, -0.25) is 0 Å². The average Bonchev–Trinajstić information content (AvgIpc) is 2.06. The fourth-order valence-corrected chi connectivity index (χ4v) is 2.41. The number of thioether (sulfide) groups is 1. The Morgan fingerprint density at radius 2 is 2.18 bits per heavy atom. The zero-order chi connectivity index (χ0) is 7.68. The van der Waals surface area contributed by atoms with Crippen LogP contribution < -0.4 is 4.90 Å². The zero-order valence-corrected chi connectivity index (χ0v) is 7.16. The first kappa shape index (κ1) is 7.19. The molecule has 1 unspecified atom stereocenters. The number of para-hydroxylation sites is 1. The third-order valence-corrected chi connectivity index (χ3v) is 3.00. The third-order valence-electron chi connectivity index (χ3n) is 1.93. The van der Waals surface area contributed by atoms with Crippen LogP contribution in [0.25, 0.3) is 0 Å². The molecule has 0 fully saturated rings. The summed E-state index contributed by atoms with van der Waals surface area (Å²) in [5, 5.41) is 0. The van der Waals surface area contributed by atoms with Crippen LogP contribution in [0.5, 0.6) is 0 Å². The standard InChI is InChI=1S/C9H11NS/c1-10-6-7-11-9-5-3-2-4-8(9)10/h2-5,10H,1,6-7H2. The lowest BCUT2D eigenvalue weighted by Gasteiger charge is -2.26. The molecule has 0 spiro atoms. The summed E-state index contributed by atoms with van der Waals surface area (Å²) in [4.78, 5) is 2.68. The highest BCUT2D eigenvalue weighted by Crippen LogP contribution is 2.25. The fourth-order valence-electron chi connectivity index (χ4n) is 1.30. The van der Waals surface area contributed by atoms with E-state index in [0.29, 0.717) is 0 Å². The van der Waals surface area contributed by atoms with Gasteiger partial charge in [0.2, 0.25) is 0 Å². The van der Waals surface area contributed by atoms with E-state index in [1.165, 1.54) is 21.2 Å². The van der Waals surface area contributed by atoms with Gasteiger partial charge in [0.25, 0.3) is 0 Å². The van der Waals surface area contributed by atoms with Crippen molar-refractivity contribution in [2.24, 2.45) is 0 Å². The molecule has 1 N–H and O–H groups in total. The number of hydrogen-bond donors (Lipinski definition) is 1. The van der Waals surface area contributed by atoms with Crippen molar-refractivity contribution in [2.45, 2.75) is 4.90 Å². The van der Waals surface area contributed by atoms with E-state index >= 15 is 0 Å². The van der Waals surface area contributed by atoms with E-state index < -0.39 is 0 Å². The van der Waals surface area contributed by atoms with E-state index in [4.69, 9.17) is 0 Å². The van der Waals surface area contributed by atoms with Crippen molar-refractivity contribution >= 4 is 17.4 Å². The highest BCUT2D eigenvalue weighted by atomic mass is 32.2. The van der Waals surface area contributed by atoms with Crippen LogP contribution in [0.3, 0.4) is 0 Å². The Kier molecular flexibility index (Phi) is 1.88. The van der Waals surface area contributed by atoms with Gasteiger partial charge in [0.15, 0.2) is 0 Å². The predicted octanol–water partition coefficient (Wildman–Crippen LogP) is 1.10. The van der Waals surface area contributed by atoms with Gasteiger partial charge in [-0.1, -0.05) is 12.1 Å². The first-order chi connectivity index (χ1) is 5.38. The van der Waals surface area contributed by atoms with Gasteiger partial charge < -0.3 is 4.90 Å². The van der Waals surface area contributed by atoms with Crippen LogP contribution in [0.2, 0.25) is 0 Å². The van der Waals surface area contributed by atoms with Gasteiger partial charge >= 0.3 is 0 Å². The molecule has 11 heavy (non-hydrogen) atoms. The normalized spacial score (nSPS) is 22.8. The lowest BCUT2D eigenvalue weighted by Crippen LogP contribution is -3.02. The Hall–Kier alpha value is -0.470. The molecule has 0 aromatic heterocycles. The number of rotatable bonds is 0. The molecule has 0 bridgehead atoms. The van der Waals surface area contributed by atoms with Gasteiger partial charge in [0.05, 0.1) is 11.4 Å². The quantitative estimate of drug-likeness (QED) is 0.564. The molecule has 1 aromatic carbocycles. The summed E-state index contributed by atoms with van der Waals surface area (Å²) in [6.07, 6.45) is 0. The molecule has 0 aliphatic carbocycles. The van der Waals surface area contributed by atoms with Crippen LogP contribution in [0.1, 0.15) is 0 Å². The SMILES string of the molecule is [CH2-][NH+]1CCSc2ccccc21. The zero-order valence-electron chi connectivity index (χ0n) is 6.34. The van der Waals surface area contributed by atoms with Gasteiger partial charge in [-0.25, -0.2) is 0 Å². The second kappa shape index (κ2) is 2.88. The molecule has 1 aliphatic rings. The Morgan fingerprint density at radius 1 is 1.36 bits per heavy atom. The highest BCUT2D eigenvalue weighted by Gasteiger charge is 2.13. The minimum Gasteiger partial charge on any atom is -0.433 e. The molecule has 0 saturated heterocycles. The number of fused-ring (bicyclic) bond motifs is 1. The summed E-state index contributed by atoms with van der Waals surface area (Å²) in [6, 6.07) is 8.49. The number of nitrogens with one attached hydrogen (secondary N) is 1. The minimum atomic E-state index is 1.14. The van der Waals surface area contributed by atoms with Gasteiger partial charge in [-0.15, -0.1) is 18.8 Å². The van der Waals surface area contributed by atoms with Crippen molar-refractivity contribution in [3.63, 3.8) is 0 Å². The van der Waals surface area contributed by atoms with Crippen LogP contribution in [-0.2, 0) is 0 Å². The molecular formula is C9H11NS. The molecule has 2 heteroatoms. The van der Waals surface area contributed by atoms with E-state index in [9.17, 15) is 0 Å². The Morgan fingerprint density at radius 3 is 3.00 bits per heavy atom. The van der Waals surface area contributed by atoms with E-state index in [0.717, 1.165) is 6.54 Å². The lowest BCUT2D eigenvalue weighted by molar-refractivity contribution is -0.781. The van der Waals surface area contributed by atoms with Crippen molar-refractivity contribution in [3.8, 4) is 0 Å². The molecule has 1 nitrogen and oxygen atoms in total. The molecule has 1 aromatic rings. The second-order valence-electron chi connectivity index (χ2n) is 2.70. The van der Waals surface area contributed by atoms with Gasteiger partial charge in [0, 0.05) is 5.75 Å². The molecule has 1 atom stereocenters. The van der Waals surface area contributed by atoms with Crippen LogP contribution in [0, 0.1) is 7.05 Å². The fraction of sp³-hybridized carbons (Fsp3) is 0.222. The predicted molar refractivity (Wildman–Crippen MR) is 48.0 cm³/mol. The molecule has 58 valence electrons. The minimum absolute atomic E-state index is 1.14. The van der Waals surface area contributed by atoms with Crippen LogP contribution in [0.4, 0.5) is 5.69 Å². The van der Waals surface area contributed by atoms with E-state index in [1.807, 2.05) is 11.8 Å². The Bertz CT molecular complexity index is 259.